The van der Waals surface area contributed by atoms with Gasteiger partial charge in [0.25, 0.3) is 0 Å². The summed E-state index contributed by atoms with van der Waals surface area (Å²) in [5.41, 5.74) is 9.74. The molecule has 3 aromatic carbocycles. The summed E-state index contributed by atoms with van der Waals surface area (Å²) in [6.45, 7) is 2.11. The van der Waals surface area contributed by atoms with Gasteiger partial charge in [0.05, 0.1) is 16.1 Å². The van der Waals surface area contributed by atoms with Crippen LogP contribution < -0.4 is 5.73 Å². The van der Waals surface area contributed by atoms with Gasteiger partial charge in [0.15, 0.2) is 0 Å². The largest absolute Gasteiger partial charge is 0.320 e. The van der Waals surface area contributed by atoms with E-state index in [2.05, 4.69) is 31.2 Å². The van der Waals surface area contributed by atoms with E-state index in [1.807, 2.05) is 24.3 Å². The van der Waals surface area contributed by atoms with Crippen molar-refractivity contribution in [2.75, 3.05) is 0 Å². The molecule has 3 aromatic rings. The van der Waals surface area contributed by atoms with Crippen molar-refractivity contribution in [2.24, 2.45) is 5.73 Å². The Balaban J connectivity index is 2.15. The second kappa shape index (κ2) is 5.69. The van der Waals surface area contributed by atoms with Crippen LogP contribution in [0.4, 0.5) is 0 Å². The van der Waals surface area contributed by atoms with E-state index in [1.165, 1.54) is 16.3 Å². The molecule has 0 aliphatic rings. The molecule has 21 heavy (non-hydrogen) atoms. The SMILES string of the molecule is Cc1ccc(C(N)c2ccc(Cl)c(Cl)c2)c2ccccc12. The van der Waals surface area contributed by atoms with Gasteiger partial charge in [-0.25, -0.2) is 0 Å². The van der Waals surface area contributed by atoms with Gasteiger partial charge in [-0.3, -0.25) is 0 Å². The van der Waals surface area contributed by atoms with Crippen LogP contribution in [0, 0.1) is 6.92 Å². The Morgan fingerprint density at radius 2 is 1.57 bits per heavy atom. The third-order valence-corrected chi connectivity index (χ3v) is 4.55. The highest BCUT2D eigenvalue weighted by atomic mass is 35.5. The molecule has 0 heterocycles. The Hall–Kier alpha value is -1.54. The molecule has 0 aliphatic carbocycles. The highest BCUT2D eigenvalue weighted by Gasteiger charge is 2.14. The van der Waals surface area contributed by atoms with Gasteiger partial charge < -0.3 is 5.73 Å². The zero-order valence-corrected chi connectivity index (χ0v) is 13.1. The van der Waals surface area contributed by atoms with E-state index >= 15 is 0 Å². The molecular formula is C18H15Cl2N. The van der Waals surface area contributed by atoms with Crippen LogP contribution in [0.2, 0.25) is 10.0 Å². The average molecular weight is 316 g/mol. The molecule has 1 nitrogen and oxygen atoms in total. The maximum Gasteiger partial charge on any atom is 0.0595 e. The quantitative estimate of drug-likeness (QED) is 0.663. The van der Waals surface area contributed by atoms with Gasteiger partial charge in [-0.1, -0.05) is 65.7 Å². The highest BCUT2D eigenvalue weighted by Crippen LogP contribution is 2.32. The summed E-state index contributed by atoms with van der Waals surface area (Å²) in [4.78, 5) is 0. The second-order valence-electron chi connectivity index (χ2n) is 5.17. The number of hydrogen-bond acceptors (Lipinski definition) is 1. The summed E-state index contributed by atoms with van der Waals surface area (Å²) in [6.07, 6.45) is 0. The maximum atomic E-state index is 6.45. The molecule has 3 heteroatoms. The molecule has 0 saturated carbocycles. The Morgan fingerprint density at radius 3 is 2.29 bits per heavy atom. The van der Waals surface area contributed by atoms with Crippen molar-refractivity contribution in [3.63, 3.8) is 0 Å². The summed E-state index contributed by atoms with van der Waals surface area (Å²) >= 11 is 12.1. The molecular weight excluding hydrogens is 301 g/mol. The monoisotopic (exact) mass is 315 g/mol. The Labute approximate surface area is 134 Å². The first-order valence-electron chi connectivity index (χ1n) is 6.76. The molecule has 0 saturated heterocycles. The number of aryl methyl sites for hydroxylation is 1. The molecule has 0 spiro atoms. The van der Waals surface area contributed by atoms with Crippen molar-refractivity contribution >= 4 is 34.0 Å². The molecule has 3 rings (SSSR count). The minimum Gasteiger partial charge on any atom is -0.320 e. The lowest BCUT2D eigenvalue weighted by Gasteiger charge is -2.17. The number of benzene rings is 3. The van der Waals surface area contributed by atoms with Crippen molar-refractivity contribution in [2.45, 2.75) is 13.0 Å². The number of fused-ring (bicyclic) bond motifs is 1. The van der Waals surface area contributed by atoms with Gasteiger partial charge in [-0.2, -0.15) is 0 Å². The minimum atomic E-state index is -0.231. The smallest absolute Gasteiger partial charge is 0.0595 e. The van der Waals surface area contributed by atoms with E-state index in [4.69, 9.17) is 28.9 Å². The Kier molecular flexibility index (Phi) is 3.90. The van der Waals surface area contributed by atoms with Crippen molar-refractivity contribution in [1.82, 2.24) is 0 Å². The molecule has 0 radical (unpaired) electrons. The normalized spacial score (nSPS) is 12.6. The molecule has 1 atom stereocenters. The van der Waals surface area contributed by atoms with E-state index in [1.54, 1.807) is 6.07 Å². The predicted molar refractivity (Wildman–Crippen MR) is 91.2 cm³/mol. The number of rotatable bonds is 2. The van der Waals surface area contributed by atoms with Crippen LogP contribution in [0.5, 0.6) is 0 Å². The highest BCUT2D eigenvalue weighted by molar-refractivity contribution is 6.42. The molecule has 1 unspecified atom stereocenters. The van der Waals surface area contributed by atoms with Crippen LogP contribution in [0.1, 0.15) is 22.7 Å². The molecule has 0 fully saturated rings. The number of halogens is 2. The zero-order chi connectivity index (χ0) is 15.0. The van der Waals surface area contributed by atoms with Crippen molar-refractivity contribution < 1.29 is 0 Å². The summed E-state index contributed by atoms with van der Waals surface area (Å²) in [6, 6.07) is 17.8. The van der Waals surface area contributed by atoms with Crippen LogP contribution in [0.25, 0.3) is 10.8 Å². The van der Waals surface area contributed by atoms with Gasteiger partial charge in [0, 0.05) is 0 Å². The lowest BCUT2D eigenvalue weighted by molar-refractivity contribution is 0.880. The molecule has 2 N–H and O–H groups in total. The number of hydrogen-bond donors (Lipinski definition) is 1. The summed E-state index contributed by atoms with van der Waals surface area (Å²) in [7, 11) is 0. The van der Waals surface area contributed by atoms with E-state index < -0.39 is 0 Å². The topological polar surface area (TPSA) is 26.0 Å². The van der Waals surface area contributed by atoms with E-state index in [9.17, 15) is 0 Å². The fourth-order valence-electron chi connectivity index (χ4n) is 2.63. The fraction of sp³-hybridized carbons (Fsp3) is 0.111. The second-order valence-corrected chi connectivity index (χ2v) is 5.98. The van der Waals surface area contributed by atoms with Gasteiger partial charge in [-0.15, -0.1) is 0 Å². The first-order valence-corrected chi connectivity index (χ1v) is 7.52. The molecule has 0 bridgehead atoms. The van der Waals surface area contributed by atoms with E-state index in [0.717, 1.165) is 11.1 Å². The average Bonchev–Trinajstić information content (AvgIpc) is 2.50. The van der Waals surface area contributed by atoms with Crippen LogP contribution in [-0.4, -0.2) is 0 Å². The van der Waals surface area contributed by atoms with Gasteiger partial charge >= 0.3 is 0 Å². The standard InChI is InChI=1S/C18H15Cl2N/c1-11-6-8-15(14-5-3-2-4-13(11)14)18(21)12-7-9-16(19)17(20)10-12/h2-10,18H,21H2,1H3. The maximum absolute atomic E-state index is 6.45. The fourth-order valence-corrected chi connectivity index (χ4v) is 2.94. The van der Waals surface area contributed by atoms with Crippen LogP contribution in [0.15, 0.2) is 54.6 Å². The molecule has 0 aliphatic heterocycles. The van der Waals surface area contributed by atoms with Crippen molar-refractivity contribution in [3.05, 3.63) is 81.3 Å². The van der Waals surface area contributed by atoms with Crippen molar-refractivity contribution in [1.29, 1.82) is 0 Å². The van der Waals surface area contributed by atoms with E-state index in [0.29, 0.717) is 10.0 Å². The summed E-state index contributed by atoms with van der Waals surface area (Å²) < 4.78 is 0. The van der Waals surface area contributed by atoms with Crippen LogP contribution >= 0.6 is 23.2 Å². The van der Waals surface area contributed by atoms with Crippen LogP contribution in [-0.2, 0) is 0 Å². The van der Waals surface area contributed by atoms with Gasteiger partial charge in [0.2, 0.25) is 0 Å². The Bertz CT molecular complexity index is 811. The first-order chi connectivity index (χ1) is 10.1. The first kappa shape index (κ1) is 14.4. The third-order valence-electron chi connectivity index (χ3n) is 3.81. The lowest BCUT2D eigenvalue weighted by Crippen LogP contribution is -2.12. The van der Waals surface area contributed by atoms with E-state index in [-0.39, 0.29) is 6.04 Å². The minimum absolute atomic E-state index is 0.231. The van der Waals surface area contributed by atoms with Gasteiger partial charge in [-0.05, 0) is 46.5 Å². The summed E-state index contributed by atoms with van der Waals surface area (Å²) in [5.74, 6) is 0. The molecule has 106 valence electrons. The van der Waals surface area contributed by atoms with Crippen molar-refractivity contribution in [3.8, 4) is 0 Å². The molecule has 0 amide bonds. The lowest BCUT2D eigenvalue weighted by atomic mass is 9.92. The zero-order valence-electron chi connectivity index (χ0n) is 11.6. The Morgan fingerprint density at radius 1 is 0.857 bits per heavy atom. The van der Waals surface area contributed by atoms with Gasteiger partial charge in [0.1, 0.15) is 0 Å². The van der Waals surface area contributed by atoms with Crippen LogP contribution in [0.3, 0.4) is 0 Å². The third kappa shape index (κ3) is 2.65. The molecule has 0 aromatic heterocycles. The summed E-state index contributed by atoms with van der Waals surface area (Å²) in [5, 5.41) is 3.48. The number of nitrogens with two attached hydrogens (primary N) is 1. The predicted octanol–water partition coefficient (Wildman–Crippen LogP) is 5.50.